The molecule has 0 bridgehead atoms. The molecule has 2 aromatic carbocycles. The molecular formula is C26H31N3O2S. The van der Waals surface area contributed by atoms with Crippen LogP contribution in [-0.2, 0) is 5.41 Å². The van der Waals surface area contributed by atoms with Crippen LogP contribution < -0.4 is 21.8 Å². The number of hydrogen-bond acceptors (Lipinski definition) is 4. The molecule has 0 radical (unpaired) electrons. The summed E-state index contributed by atoms with van der Waals surface area (Å²) >= 11 is 1.79. The molecule has 2 N–H and O–H groups in total. The molecule has 6 heteroatoms. The molecule has 168 valence electrons. The average Bonchev–Trinajstić information content (AvgIpc) is 2.72. The summed E-state index contributed by atoms with van der Waals surface area (Å²) in [7, 11) is 4.12. The predicted octanol–water partition coefficient (Wildman–Crippen LogP) is 2.67. The molecule has 0 aliphatic heterocycles. The van der Waals surface area contributed by atoms with Crippen molar-refractivity contribution in [2.75, 3.05) is 26.4 Å². The Hall–Kier alpha value is -2.83. The van der Waals surface area contributed by atoms with Crippen LogP contribution in [0, 0.1) is 0 Å². The van der Waals surface area contributed by atoms with Crippen LogP contribution in [0.3, 0.4) is 0 Å². The molecular weight excluding hydrogens is 418 g/mol. The van der Waals surface area contributed by atoms with Gasteiger partial charge >= 0.3 is 0 Å². The summed E-state index contributed by atoms with van der Waals surface area (Å²) < 4.78 is 0. The van der Waals surface area contributed by atoms with Crippen LogP contribution in [0.2, 0.25) is 0 Å². The van der Waals surface area contributed by atoms with Crippen molar-refractivity contribution >= 4 is 23.9 Å². The van der Waals surface area contributed by atoms with Gasteiger partial charge in [0.25, 0.3) is 11.1 Å². The largest absolute Gasteiger partial charge is 0.316 e. The Kier molecular flexibility index (Phi) is 7.59. The van der Waals surface area contributed by atoms with Gasteiger partial charge in [0.2, 0.25) is 0 Å². The minimum absolute atomic E-state index is 0.0604. The first-order chi connectivity index (χ1) is 15.1. The third kappa shape index (κ3) is 6.58. The van der Waals surface area contributed by atoms with E-state index in [1.54, 1.807) is 23.9 Å². The van der Waals surface area contributed by atoms with Gasteiger partial charge in [0, 0.05) is 17.2 Å². The highest BCUT2D eigenvalue weighted by atomic mass is 32.2. The highest BCUT2D eigenvalue weighted by molar-refractivity contribution is 7.99. The van der Waals surface area contributed by atoms with E-state index in [1.807, 2.05) is 48.5 Å². The molecule has 0 atom stereocenters. The Balaban J connectivity index is 1.84. The number of thioether (sulfide) groups is 1. The summed E-state index contributed by atoms with van der Waals surface area (Å²) in [6.07, 6.45) is 3.38. The van der Waals surface area contributed by atoms with Crippen LogP contribution in [0.25, 0.3) is 12.2 Å². The summed E-state index contributed by atoms with van der Waals surface area (Å²) in [5.41, 5.74) is 2.34. The average molecular weight is 450 g/mol. The van der Waals surface area contributed by atoms with Gasteiger partial charge in [-0.15, -0.1) is 11.8 Å². The molecule has 32 heavy (non-hydrogen) atoms. The van der Waals surface area contributed by atoms with Crippen molar-refractivity contribution in [3.05, 3.63) is 96.6 Å². The summed E-state index contributed by atoms with van der Waals surface area (Å²) in [4.78, 5) is 33.9. The molecule has 1 aromatic heterocycles. The first-order valence-corrected chi connectivity index (χ1v) is 11.6. The number of aromatic nitrogens is 2. The van der Waals surface area contributed by atoms with Gasteiger partial charge in [0.05, 0.1) is 0 Å². The highest BCUT2D eigenvalue weighted by Gasteiger charge is 2.12. The number of rotatable bonds is 6. The van der Waals surface area contributed by atoms with E-state index in [-0.39, 0.29) is 27.2 Å². The molecule has 0 amide bonds. The number of hydrogen-bond donors (Lipinski definition) is 2. The van der Waals surface area contributed by atoms with Crippen molar-refractivity contribution in [2.24, 2.45) is 0 Å². The fourth-order valence-electron chi connectivity index (χ4n) is 3.12. The fraction of sp³-hybridized carbons (Fsp3) is 0.308. The minimum Gasteiger partial charge on any atom is -0.316 e. The van der Waals surface area contributed by atoms with Crippen LogP contribution in [0.4, 0.5) is 0 Å². The number of H-pyrrole nitrogens is 2. The molecule has 1 heterocycles. The van der Waals surface area contributed by atoms with E-state index in [0.717, 1.165) is 23.4 Å². The second kappa shape index (κ2) is 10.2. The maximum absolute atomic E-state index is 12.6. The Morgan fingerprint density at radius 1 is 0.812 bits per heavy atom. The van der Waals surface area contributed by atoms with Crippen molar-refractivity contribution in [3.63, 3.8) is 0 Å². The highest BCUT2D eigenvalue weighted by Crippen LogP contribution is 2.22. The van der Waals surface area contributed by atoms with Gasteiger partial charge in [-0.1, -0.05) is 57.2 Å². The van der Waals surface area contributed by atoms with Gasteiger partial charge in [0.1, 0.15) is 10.7 Å². The van der Waals surface area contributed by atoms with Crippen LogP contribution in [0.1, 0.15) is 37.5 Å². The second-order valence-corrected chi connectivity index (χ2v) is 10.3. The normalized spacial score (nSPS) is 13.2. The molecule has 0 aliphatic rings. The lowest BCUT2D eigenvalue weighted by atomic mass is 9.87. The van der Waals surface area contributed by atoms with Gasteiger partial charge in [-0.3, -0.25) is 9.59 Å². The Morgan fingerprint density at radius 3 is 1.72 bits per heavy atom. The van der Waals surface area contributed by atoms with E-state index in [9.17, 15) is 9.59 Å². The zero-order chi connectivity index (χ0) is 23.3. The second-order valence-electron chi connectivity index (χ2n) is 9.12. The molecule has 0 saturated heterocycles. The SMILES string of the molecule is CN(C)CCSc1ccc(/C=c2\[nH]c(=O)/c(=C/c3ccc(C(C)(C)C)cc3)[nH]c2=O)cc1. The number of nitrogens with one attached hydrogen (secondary N) is 2. The molecule has 0 aliphatic carbocycles. The van der Waals surface area contributed by atoms with Crippen molar-refractivity contribution in [1.29, 1.82) is 0 Å². The standard InChI is InChI=1S/C26H31N3O2S/c1-26(2,3)20-10-6-18(7-11-20)16-22-24(30)28-23(25(31)27-22)17-19-8-12-21(13-9-19)32-15-14-29(4)5/h6-13,16-17H,14-15H2,1-5H3,(H,27,31)(H,28,30)/b22-16-,23-17-. The van der Waals surface area contributed by atoms with Gasteiger partial charge < -0.3 is 14.9 Å². The summed E-state index contributed by atoms with van der Waals surface area (Å²) in [6.45, 7) is 7.47. The minimum atomic E-state index is -0.327. The number of aromatic amines is 2. The topological polar surface area (TPSA) is 69.0 Å². The van der Waals surface area contributed by atoms with Crippen molar-refractivity contribution < 1.29 is 0 Å². The number of nitrogens with zero attached hydrogens (tertiary/aromatic N) is 1. The van der Waals surface area contributed by atoms with Crippen molar-refractivity contribution in [1.82, 2.24) is 14.9 Å². The van der Waals surface area contributed by atoms with E-state index in [0.29, 0.717) is 0 Å². The Morgan fingerprint density at radius 2 is 1.28 bits per heavy atom. The molecule has 3 rings (SSSR count). The van der Waals surface area contributed by atoms with Gasteiger partial charge in [0.15, 0.2) is 0 Å². The molecule has 3 aromatic rings. The van der Waals surface area contributed by atoms with E-state index in [4.69, 9.17) is 0 Å². The molecule has 0 saturated carbocycles. The van der Waals surface area contributed by atoms with Gasteiger partial charge in [-0.25, -0.2) is 0 Å². The number of benzene rings is 2. The Labute approximate surface area is 192 Å². The first-order valence-electron chi connectivity index (χ1n) is 10.7. The van der Waals surface area contributed by atoms with E-state index >= 15 is 0 Å². The molecule has 0 spiro atoms. The van der Waals surface area contributed by atoms with E-state index < -0.39 is 0 Å². The van der Waals surface area contributed by atoms with Crippen LogP contribution in [0.15, 0.2) is 63.0 Å². The smallest absolute Gasteiger partial charge is 0.272 e. The summed E-state index contributed by atoms with van der Waals surface area (Å²) in [5.74, 6) is 1.01. The lowest BCUT2D eigenvalue weighted by Crippen LogP contribution is -2.46. The zero-order valence-electron chi connectivity index (χ0n) is 19.4. The lowest BCUT2D eigenvalue weighted by molar-refractivity contribution is 0.437. The molecule has 5 nitrogen and oxygen atoms in total. The van der Waals surface area contributed by atoms with Gasteiger partial charge in [-0.2, -0.15) is 0 Å². The molecule has 0 unspecified atom stereocenters. The third-order valence-electron chi connectivity index (χ3n) is 5.07. The summed E-state index contributed by atoms with van der Waals surface area (Å²) in [6, 6.07) is 16.0. The fourth-order valence-corrected chi connectivity index (χ4v) is 4.14. The molecule has 0 fully saturated rings. The van der Waals surface area contributed by atoms with E-state index in [2.05, 4.69) is 49.7 Å². The van der Waals surface area contributed by atoms with Crippen LogP contribution >= 0.6 is 11.8 Å². The van der Waals surface area contributed by atoms with Crippen molar-refractivity contribution in [3.8, 4) is 0 Å². The Bertz CT molecular complexity index is 1280. The van der Waals surface area contributed by atoms with Crippen LogP contribution in [0.5, 0.6) is 0 Å². The van der Waals surface area contributed by atoms with Crippen molar-refractivity contribution in [2.45, 2.75) is 31.1 Å². The van der Waals surface area contributed by atoms with E-state index in [1.165, 1.54) is 10.5 Å². The van der Waals surface area contributed by atoms with Crippen LogP contribution in [-0.4, -0.2) is 41.3 Å². The quantitative estimate of drug-likeness (QED) is 0.568. The maximum atomic E-state index is 12.6. The third-order valence-corrected chi connectivity index (χ3v) is 6.06. The predicted molar refractivity (Wildman–Crippen MR) is 135 cm³/mol. The zero-order valence-corrected chi connectivity index (χ0v) is 20.2. The monoisotopic (exact) mass is 449 g/mol. The maximum Gasteiger partial charge on any atom is 0.272 e. The summed E-state index contributed by atoms with van der Waals surface area (Å²) in [5, 5.41) is 0.478. The first kappa shape index (κ1) is 23.8. The van der Waals surface area contributed by atoms with Gasteiger partial charge in [-0.05, 0) is 60.5 Å². The lowest BCUT2D eigenvalue weighted by Gasteiger charge is -2.18.